The predicted octanol–water partition coefficient (Wildman–Crippen LogP) is 4.51. The number of nitrogens with zero attached hydrogens (tertiary/aromatic N) is 3. The summed E-state index contributed by atoms with van der Waals surface area (Å²) < 4.78 is 2.04. The lowest BCUT2D eigenvalue weighted by molar-refractivity contribution is -0.129. The van der Waals surface area contributed by atoms with E-state index in [2.05, 4.69) is 56.2 Å². The van der Waals surface area contributed by atoms with Gasteiger partial charge < -0.3 is 4.90 Å². The molecule has 0 N–H and O–H groups in total. The van der Waals surface area contributed by atoms with Gasteiger partial charge in [-0.15, -0.1) is 0 Å². The van der Waals surface area contributed by atoms with Crippen LogP contribution in [0, 0.1) is 19.8 Å². The molecule has 0 aliphatic carbocycles. The van der Waals surface area contributed by atoms with E-state index < -0.39 is 0 Å². The van der Waals surface area contributed by atoms with Crippen LogP contribution in [0.4, 0.5) is 0 Å². The van der Waals surface area contributed by atoms with Crippen LogP contribution in [0.25, 0.3) is 10.8 Å². The lowest BCUT2D eigenvalue weighted by Crippen LogP contribution is -2.28. The number of hydrogen-bond acceptors (Lipinski definition) is 2. The van der Waals surface area contributed by atoms with Crippen LogP contribution in [0.2, 0.25) is 0 Å². The van der Waals surface area contributed by atoms with Crippen molar-refractivity contribution in [2.24, 2.45) is 5.92 Å². The van der Waals surface area contributed by atoms with Gasteiger partial charge in [0.05, 0.1) is 12.1 Å². The zero-order chi connectivity index (χ0) is 19.6. The fourth-order valence-corrected chi connectivity index (χ4v) is 3.57. The quantitative estimate of drug-likeness (QED) is 0.646. The first-order valence-corrected chi connectivity index (χ1v) is 9.60. The minimum absolute atomic E-state index is 0.123. The Balaban J connectivity index is 1.76. The smallest absolute Gasteiger partial charge is 0.227 e. The molecule has 0 aliphatic rings. The maximum atomic E-state index is 12.9. The molecular weight excluding hydrogens is 334 g/mol. The number of aryl methyl sites for hydroxylation is 1. The molecule has 0 atom stereocenters. The summed E-state index contributed by atoms with van der Waals surface area (Å²) in [7, 11) is 1.88. The number of carbonyl (C=O) groups is 1. The molecule has 1 amide bonds. The van der Waals surface area contributed by atoms with Gasteiger partial charge >= 0.3 is 0 Å². The van der Waals surface area contributed by atoms with Crippen molar-refractivity contribution in [1.82, 2.24) is 14.7 Å². The lowest BCUT2D eigenvalue weighted by Gasteiger charge is -2.19. The van der Waals surface area contributed by atoms with E-state index in [9.17, 15) is 4.79 Å². The average Bonchev–Trinajstić information content (AvgIpc) is 2.88. The topological polar surface area (TPSA) is 38.1 Å². The van der Waals surface area contributed by atoms with Crippen molar-refractivity contribution >= 4 is 16.7 Å². The predicted molar refractivity (Wildman–Crippen MR) is 111 cm³/mol. The first kappa shape index (κ1) is 19.2. The third kappa shape index (κ3) is 4.21. The Hall–Kier alpha value is -2.62. The zero-order valence-electron chi connectivity index (χ0n) is 17.0. The fraction of sp³-hybridized carbons (Fsp3) is 0.391. The van der Waals surface area contributed by atoms with E-state index in [1.165, 1.54) is 16.3 Å². The van der Waals surface area contributed by atoms with E-state index in [1.807, 2.05) is 35.7 Å². The Kier molecular flexibility index (Phi) is 5.64. The molecule has 0 aliphatic heterocycles. The second-order valence-electron chi connectivity index (χ2n) is 7.79. The molecule has 0 fully saturated rings. The molecule has 1 heterocycles. The molecular formula is C23H29N3O. The summed E-state index contributed by atoms with van der Waals surface area (Å²) in [6, 6.07) is 14.6. The van der Waals surface area contributed by atoms with Gasteiger partial charge in [-0.05, 0) is 36.1 Å². The Labute approximate surface area is 161 Å². The number of amides is 1. The summed E-state index contributed by atoms with van der Waals surface area (Å²) in [5.41, 5.74) is 4.30. The highest BCUT2D eigenvalue weighted by atomic mass is 16.2. The van der Waals surface area contributed by atoms with Crippen LogP contribution in [0.15, 0.2) is 42.5 Å². The molecule has 0 saturated carbocycles. The van der Waals surface area contributed by atoms with E-state index in [0.717, 1.165) is 23.5 Å². The van der Waals surface area contributed by atoms with Gasteiger partial charge in [-0.25, -0.2) is 0 Å². The number of hydrogen-bond donors (Lipinski definition) is 0. The molecule has 4 nitrogen and oxygen atoms in total. The molecule has 0 bridgehead atoms. The molecule has 1 aromatic heterocycles. The molecule has 142 valence electrons. The second-order valence-corrected chi connectivity index (χ2v) is 7.79. The fourth-order valence-electron chi connectivity index (χ4n) is 3.57. The van der Waals surface area contributed by atoms with Gasteiger partial charge in [0.1, 0.15) is 0 Å². The number of carbonyl (C=O) groups excluding carboxylic acids is 1. The highest BCUT2D eigenvalue weighted by Crippen LogP contribution is 2.21. The average molecular weight is 364 g/mol. The number of benzene rings is 2. The Morgan fingerprint density at radius 2 is 1.81 bits per heavy atom. The first-order chi connectivity index (χ1) is 12.9. The van der Waals surface area contributed by atoms with Gasteiger partial charge in [-0.1, -0.05) is 56.3 Å². The van der Waals surface area contributed by atoms with Crippen molar-refractivity contribution in [3.8, 4) is 0 Å². The molecule has 0 radical (unpaired) electrons. The van der Waals surface area contributed by atoms with E-state index in [0.29, 0.717) is 18.9 Å². The Morgan fingerprint density at radius 1 is 1.11 bits per heavy atom. The molecule has 3 aromatic rings. The van der Waals surface area contributed by atoms with Crippen molar-refractivity contribution < 1.29 is 4.79 Å². The van der Waals surface area contributed by atoms with Crippen LogP contribution < -0.4 is 0 Å². The Bertz CT molecular complexity index is 950. The summed E-state index contributed by atoms with van der Waals surface area (Å²) >= 11 is 0. The molecule has 2 aromatic carbocycles. The van der Waals surface area contributed by atoms with Crippen LogP contribution in [0.5, 0.6) is 0 Å². The number of fused-ring (bicyclic) bond motifs is 1. The largest absolute Gasteiger partial charge is 0.341 e. The third-order valence-corrected chi connectivity index (χ3v) is 5.11. The number of rotatable bonds is 6. The van der Waals surface area contributed by atoms with E-state index >= 15 is 0 Å². The Morgan fingerprint density at radius 3 is 2.56 bits per heavy atom. The van der Waals surface area contributed by atoms with E-state index in [-0.39, 0.29) is 5.91 Å². The second kappa shape index (κ2) is 7.95. The molecule has 4 heteroatoms. The van der Waals surface area contributed by atoms with Gasteiger partial charge in [0.15, 0.2) is 0 Å². The molecule has 0 unspecified atom stereocenters. The summed E-state index contributed by atoms with van der Waals surface area (Å²) in [5, 5.41) is 7.04. The monoisotopic (exact) mass is 363 g/mol. The van der Waals surface area contributed by atoms with Gasteiger partial charge in [-0.3, -0.25) is 9.48 Å². The summed E-state index contributed by atoms with van der Waals surface area (Å²) in [5.74, 6) is 0.652. The maximum absolute atomic E-state index is 12.9. The zero-order valence-corrected chi connectivity index (χ0v) is 17.0. The molecule has 0 saturated heterocycles. The van der Waals surface area contributed by atoms with Crippen LogP contribution >= 0.6 is 0 Å². The van der Waals surface area contributed by atoms with Crippen LogP contribution in [0.3, 0.4) is 0 Å². The third-order valence-electron chi connectivity index (χ3n) is 5.11. The molecule has 27 heavy (non-hydrogen) atoms. The van der Waals surface area contributed by atoms with Gasteiger partial charge in [0.25, 0.3) is 0 Å². The van der Waals surface area contributed by atoms with Crippen molar-refractivity contribution in [3.05, 3.63) is 65.0 Å². The highest BCUT2D eigenvalue weighted by molar-refractivity contribution is 5.86. The highest BCUT2D eigenvalue weighted by Gasteiger charge is 2.18. The lowest BCUT2D eigenvalue weighted by atomic mass is 10.0. The van der Waals surface area contributed by atoms with Crippen LogP contribution in [0.1, 0.15) is 36.4 Å². The summed E-state index contributed by atoms with van der Waals surface area (Å²) in [6.45, 7) is 9.91. The van der Waals surface area contributed by atoms with E-state index in [4.69, 9.17) is 0 Å². The normalized spacial score (nSPS) is 11.3. The molecule has 0 spiro atoms. The first-order valence-electron chi connectivity index (χ1n) is 9.60. The minimum atomic E-state index is 0.123. The van der Waals surface area contributed by atoms with Crippen LogP contribution in [-0.4, -0.2) is 27.6 Å². The van der Waals surface area contributed by atoms with Gasteiger partial charge in [0, 0.05) is 31.4 Å². The minimum Gasteiger partial charge on any atom is -0.341 e. The van der Waals surface area contributed by atoms with Crippen molar-refractivity contribution in [2.45, 2.75) is 47.2 Å². The maximum Gasteiger partial charge on any atom is 0.227 e. The summed E-state index contributed by atoms with van der Waals surface area (Å²) in [6.07, 6.45) is 0.400. The van der Waals surface area contributed by atoms with Crippen molar-refractivity contribution in [3.63, 3.8) is 0 Å². The summed E-state index contributed by atoms with van der Waals surface area (Å²) in [4.78, 5) is 14.7. The van der Waals surface area contributed by atoms with Crippen molar-refractivity contribution in [2.75, 3.05) is 7.05 Å². The van der Waals surface area contributed by atoms with E-state index in [1.54, 1.807) is 0 Å². The SMILES string of the molecule is Cc1nn(CC(C)C)c(C)c1CC(=O)N(C)Cc1cccc2ccccc12. The molecule has 3 rings (SSSR count). The van der Waals surface area contributed by atoms with Crippen LogP contribution in [-0.2, 0) is 24.3 Å². The van der Waals surface area contributed by atoms with Gasteiger partial charge in [0.2, 0.25) is 5.91 Å². The standard InChI is InChI=1S/C23H29N3O/c1-16(2)14-26-18(4)22(17(3)24-26)13-23(27)25(5)15-20-11-8-10-19-9-6-7-12-21(19)20/h6-12,16H,13-15H2,1-5H3. The number of likely N-dealkylation sites (N-methyl/N-ethyl adjacent to an activating group) is 1. The van der Waals surface area contributed by atoms with Gasteiger partial charge in [-0.2, -0.15) is 5.10 Å². The number of aromatic nitrogens is 2. The van der Waals surface area contributed by atoms with Crippen molar-refractivity contribution in [1.29, 1.82) is 0 Å².